The van der Waals surface area contributed by atoms with Crippen LogP contribution in [0.25, 0.3) is 11.5 Å². The predicted molar refractivity (Wildman–Crippen MR) is 105 cm³/mol. The number of halogens is 1. The van der Waals surface area contributed by atoms with Crippen molar-refractivity contribution < 1.29 is 9.21 Å². The molecule has 2 aromatic carbocycles. The van der Waals surface area contributed by atoms with Crippen LogP contribution in [0.1, 0.15) is 19.4 Å². The van der Waals surface area contributed by atoms with E-state index in [2.05, 4.69) is 22.4 Å². The summed E-state index contributed by atoms with van der Waals surface area (Å²) in [6.45, 7) is 3.89. The molecule has 3 rings (SSSR count). The van der Waals surface area contributed by atoms with Gasteiger partial charge in [0.1, 0.15) is 0 Å². The highest BCUT2D eigenvalue weighted by Crippen LogP contribution is 2.27. The fourth-order valence-corrected chi connectivity index (χ4v) is 3.05. The van der Waals surface area contributed by atoms with Gasteiger partial charge in [-0.2, -0.15) is 0 Å². The molecule has 0 aliphatic carbocycles. The van der Waals surface area contributed by atoms with Gasteiger partial charge in [-0.25, -0.2) is 0 Å². The number of hydrogen-bond acceptors (Lipinski definition) is 5. The van der Waals surface area contributed by atoms with Crippen molar-refractivity contribution in [1.29, 1.82) is 0 Å². The van der Waals surface area contributed by atoms with Crippen LogP contribution in [-0.2, 0) is 11.2 Å². The summed E-state index contributed by atoms with van der Waals surface area (Å²) in [5.74, 6) is 0.275. The molecule has 5 nitrogen and oxygen atoms in total. The van der Waals surface area contributed by atoms with Gasteiger partial charge < -0.3 is 9.73 Å². The van der Waals surface area contributed by atoms with E-state index in [0.717, 1.165) is 17.7 Å². The van der Waals surface area contributed by atoms with Crippen LogP contribution in [0.2, 0.25) is 5.02 Å². The molecule has 26 heavy (non-hydrogen) atoms. The molecule has 134 valence electrons. The van der Waals surface area contributed by atoms with Crippen molar-refractivity contribution in [3.05, 3.63) is 59.1 Å². The fraction of sp³-hybridized carbons (Fsp3) is 0.211. The van der Waals surface area contributed by atoms with Crippen molar-refractivity contribution in [2.75, 3.05) is 5.32 Å². The zero-order valence-electron chi connectivity index (χ0n) is 14.4. The highest BCUT2D eigenvalue weighted by molar-refractivity contribution is 8.00. The highest BCUT2D eigenvalue weighted by Gasteiger charge is 2.19. The Morgan fingerprint density at radius 1 is 1.15 bits per heavy atom. The second-order valence-electron chi connectivity index (χ2n) is 5.68. The number of carbonyl (C=O) groups is 1. The Bertz CT molecular complexity index is 879. The van der Waals surface area contributed by atoms with E-state index in [0.29, 0.717) is 16.1 Å². The van der Waals surface area contributed by atoms with Gasteiger partial charge in [0.2, 0.25) is 11.8 Å². The van der Waals surface area contributed by atoms with Crippen LogP contribution in [-0.4, -0.2) is 21.4 Å². The maximum absolute atomic E-state index is 12.3. The number of benzene rings is 2. The van der Waals surface area contributed by atoms with Crippen molar-refractivity contribution in [2.24, 2.45) is 0 Å². The van der Waals surface area contributed by atoms with Gasteiger partial charge in [0.15, 0.2) is 0 Å². The smallest absolute Gasteiger partial charge is 0.277 e. The van der Waals surface area contributed by atoms with Gasteiger partial charge in [0.05, 0.1) is 5.25 Å². The van der Waals surface area contributed by atoms with Crippen molar-refractivity contribution in [3.8, 4) is 11.5 Å². The molecule has 0 aliphatic heterocycles. The van der Waals surface area contributed by atoms with Crippen LogP contribution in [0.15, 0.2) is 58.2 Å². The number of anilines is 1. The number of amides is 1. The first-order chi connectivity index (χ1) is 12.5. The lowest BCUT2D eigenvalue weighted by Gasteiger charge is -2.10. The second kappa shape index (κ2) is 8.38. The molecule has 0 saturated heterocycles. The van der Waals surface area contributed by atoms with Crippen LogP contribution < -0.4 is 5.32 Å². The monoisotopic (exact) mass is 387 g/mol. The third-order valence-corrected chi connectivity index (χ3v) is 4.96. The van der Waals surface area contributed by atoms with E-state index in [1.54, 1.807) is 31.2 Å². The molecule has 1 heterocycles. The highest BCUT2D eigenvalue weighted by atomic mass is 35.5. The summed E-state index contributed by atoms with van der Waals surface area (Å²) in [6.07, 6.45) is 0.966. The van der Waals surface area contributed by atoms with E-state index in [1.165, 1.54) is 17.3 Å². The average molecular weight is 388 g/mol. The van der Waals surface area contributed by atoms with E-state index >= 15 is 0 Å². The molecule has 1 atom stereocenters. The minimum absolute atomic E-state index is 0.120. The molecule has 0 aliphatic rings. The summed E-state index contributed by atoms with van der Waals surface area (Å²) in [5.41, 5.74) is 2.78. The number of thioether (sulfide) groups is 1. The van der Waals surface area contributed by atoms with Gasteiger partial charge in [0.25, 0.3) is 5.22 Å². The maximum atomic E-state index is 12.3. The third-order valence-electron chi connectivity index (χ3n) is 3.77. The Labute approximate surface area is 161 Å². The van der Waals surface area contributed by atoms with Crippen molar-refractivity contribution in [3.63, 3.8) is 0 Å². The minimum Gasteiger partial charge on any atom is -0.411 e. The lowest BCUT2D eigenvalue weighted by molar-refractivity contribution is -0.115. The number of rotatable bonds is 6. The van der Waals surface area contributed by atoms with Crippen molar-refractivity contribution in [2.45, 2.75) is 30.7 Å². The largest absolute Gasteiger partial charge is 0.411 e. The number of aromatic nitrogens is 2. The molecule has 1 unspecified atom stereocenters. The topological polar surface area (TPSA) is 68.0 Å². The van der Waals surface area contributed by atoms with Crippen molar-refractivity contribution >= 4 is 35.0 Å². The quantitative estimate of drug-likeness (QED) is 0.598. The second-order valence-corrected chi connectivity index (χ2v) is 7.41. The molecular formula is C19H18ClN3O2S. The summed E-state index contributed by atoms with van der Waals surface area (Å²) in [7, 11) is 0. The standard InChI is InChI=1S/C19H18ClN3O2S/c1-3-13-4-10-16(11-5-13)21-17(24)12(2)26-19-23-22-18(25-19)14-6-8-15(20)9-7-14/h4-12H,3H2,1-2H3,(H,21,24). The Morgan fingerprint density at radius 2 is 1.85 bits per heavy atom. The molecule has 1 aromatic heterocycles. The molecule has 1 N–H and O–H groups in total. The Morgan fingerprint density at radius 3 is 2.50 bits per heavy atom. The van der Waals surface area contributed by atoms with Crippen molar-refractivity contribution in [1.82, 2.24) is 10.2 Å². The Balaban J connectivity index is 1.61. The molecule has 0 bridgehead atoms. The molecule has 0 saturated carbocycles. The summed E-state index contributed by atoms with van der Waals surface area (Å²) in [5, 5.41) is 11.5. The summed E-state index contributed by atoms with van der Waals surface area (Å²) in [6, 6.07) is 14.9. The zero-order chi connectivity index (χ0) is 18.5. The van der Waals surface area contributed by atoms with Gasteiger partial charge in [-0.3, -0.25) is 4.79 Å². The number of nitrogens with zero attached hydrogens (tertiary/aromatic N) is 2. The van der Waals surface area contributed by atoms with Gasteiger partial charge >= 0.3 is 0 Å². The SMILES string of the molecule is CCc1ccc(NC(=O)C(C)Sc2nnc(-c3ccc(Cl)cc3)o2)cc1. The van der Waals surface area contributed by atoms with Gasteiger partial charge in [0, 0.05) is 16.3 Å². The van der Waals surface area contributed by atoms with Gasteiger partial charge in [-0.05, 0) is 55.3 Å². The van der Waals surface area contributed by atoms with E-state index in [1.807, 2.05) is 24.3 Å². The molecule has 7 heteroatoms. The van der Waals surface area contributed by atoms with Crippen LogP contribution >= 0.6 is 23.4 Å². The van der Waals surface area contributed by atoms with Gasteiger partial charge in [-0.15, -0.1) is 10.2 Å². The predicted octanol–water partition coefficient (Wildman–Crippen LogP) is 5.07. The molecule has 0 radical (unpaired) electrons. The number of hydrogen-bond donors (Lipinski definition) is 1. The average Bonchev–Trinajstić information content (AvgIpc) is 3.11. The van der Waals surface area contributed by atoms with Crippen LogP contribution in [0.3, 0.4) is 0 Å². The lowest BCUT2D eigenvalue weighted by Crippen LogP contribution is -2.22. The lowest BCUT2D eigenvalue weighted by atomic mass is 10.1. The Hall–Kier alpha value is -2.31. The van der Waals surface area contributed by atoms with Crippen LogP contribution in [0, 0.1) is 0 Å². The van der Waals surface area contributed by atoms with Crippen LogP contribution in [0.5, 0.6) is 0 Å². The molecule has 3 aromatic rings. The van der Waals surface area contributed by atoms with E-state index in [-0.39, 0.29) is 11.2 Å². The first-order valence-corrected chi connectivity index (χ1v) is 9.47. The van der Waals surface area contributed by atoms with E-state index in [4.69, 9.17) is 16.0 Å². The van der Waals surface area contributed by atoms with Gasteiger partial charge in [-0.1, -0.05) is 42.4 Å². The van der Waals surface area contributed by atoms with E-state index < -0.39 is 0 Å². The van der Waals surface area contributed by atoms with Crippen LogP contribution in [0.4, 0.5) is 5.69 Å². The fourth-order valence-electron chi connectivity index (χ4n) is 2.24. The number of aryl methyl sites for hydroxylation is 1. The summed E-state index contributed by atoms with van der Waals surface area (Å²) < 4.78 is 5.63. The Kier molecular flexibility index (Phi) is 5.96. The summed E-state index contributed by atoms with van der Waals surface area (Å²) in [4.78, 5) is 12.3. The van der Waals surface area contributed by atoms with E-state index in [9.17, 15) is 4.79 Å². The minimum atomic E-state index is -0.376. The molecule has 0 fully saturated rings. The number of nitrogens with one attached hydrogen (secondary N) is 1. The molecular weight excluding hydrogens is 370 g/mol. The normalized spacial score (nSPS) is 12.0. The molecule has 0 spiro atoms. The number of carbonyl (C=O) groups excluding carboxylic acids is 1. The first-order valence-electron chi connectivity index (χ1n) is 8.21. The first kappa shape index (κ1) is 18.5. The third kappa shape index (κ3) is 4.65. The maximum Gasteiger partial charge on any atom is 0.277 e. The zero-order valence-corrected chi connectivity index (χ0v) is 16.0. The summed E-state index contributed by atoms with van der Waals surface area (Å²) >= 11 is 7.10. The molecule has 1 amide bonds.